The van der Waals surface area contributed by atoms with Crippen molar-refractivity contribution in [3.63, 3.8) is 0 Å². The average Bonchev–Trinajstić information content (AvgIpc) is 2.61. The van der Waals surface area contributed by atoms with Gasteiger partial charge in [0.15, 0.2) is 0 Å². The van der Waals surface area contributed by atoms with Gasteiger partial charge in [0.05, 0.1) is 0 Å². The lowest BCUT2D eigenvalue weighted by molar-refractivity contribution is 0.121. The molecule has 17 heavy (non-hydrogen) atoms. The first-order valence-electron chi connectivity index (χ1n) is 7.75. The van der Waals surface area contributed by atoms with Gasteiger partial charge in [0, 0.05) is 6.04 Å². The Hall–Kier alpha value is -0.0400. The molecule has 0 aromatic carbocycles. The average molecular weight is 237 g/mol. The Balaban J connectivity index is 1.80. The van der Waals surface area contributed by atoms with Crippen LogP contribution in [0.4, 0.5) is 0 Å². The number of rotatable bonds is 6. The summed E-state index contributed by atoms with van der Waals surface area (Å²) in [5.41, 5.74) is 1.12. The van der Waals surface area contributed by atoms with Crippen molar-refractivity contribution in [1.29, 1.82) is 0 Å². The van der Waals surface area contributed by atoms with Gasteiger partial charge in [-0.05, 0) is 49.0 Å². The molecule has 2 aliphatic rings. The summed E-state index contributed by atoms with van der Waals surface area (Å²) >= 11 is 0. The molecule has 2 rings (SSSR count). The van der Waals surface area contributed by atoms with Gasteiger partial charge in [-0.25, -0.2) is 0 Å². The molecule has 2 fully saturated rings. The number of fused-ring (bicyclic) bond motifs is 2. The summed E-state index contributed by atoms with van der Waals surface area (Å²) in [5.74, 6) is 0.973. The Morgan fingerprint density at radius 3 is 2.41 bits per heavy atom. The lowest BCUT2D eigenvalue weighted by Crippen LogP contribution is -2.44. The van der Waals surface area contributed by atoms with Crippen molar-refractivity contribution in [3.05, 3.63) is 0 Å². The third kappa shape index (κ3) is 2.16. The van der Waals surface area contributed by atoms with E-state index in [9.17, 15) is 0 Å². The zero-order valence-corrected chi connectivity index (χ0v) is 12.3. The van der Waals surface area contributed by atoms with Crippen molar-refractivity contribution in [2.24, 2.45) is 16.7 Å². The summed E-state index contributed by atoms with van der Waals surface area (Å²) < 4.78 is 0. The van der Waals surface area contributed by atoms with Gasteiger partial charge in [-0.1, -0.05) is 47.0 Å². The molecule has 0 amide bonds. The zero-order valence-electron chi connectivity index (χ0n) is 12.3. The molecule has 1 nitrogen and oxygen atoms in total. The molecule has 2 bridgehead atoms. The molecule has 100 valence electrons. The van der Waals surface area contributed by atoms with Gasteiger partial charge in [-0.2, -0.15) is 0 Å². The van der Waals surface area contributed by atoms with E-state index in [2.05, 4.69) is 33.0 Å². The molecule has 0 radical (unpaired) electrons. The van der Waals surface area contributed by atoms with Gasteiger partial charge in [-0.3, -0.25) is 0 Å². The predicted molar refractivity (Wildman–Crippen MR) is 75.2 cm³/mol. The number of nitrogens with one attached hydrogen (secondary N) is 1. The van der Waals surface area contributed by atoms with Crippen LogP contribution in [0.25, 0.3) is 0 Å². The molecule has 0 aromatic heterocycles. The summed E-state index contributed by atoms with van der Waals surface area (Å²) in [6.07, 6.45) is 9.85. The fraction of sp³-hybridized carbons (Fsp3) is 1.00. The van der Waals surface area contributed by atoms with Crippen LogP contribution in [-0.2, 0) is 0 Å². The number of hydrogen-bond donors (Lipinski definition) is 1. The largest absolute Gasteiger partial charge is 0.313 e. The minimum atomic E-state index is 0.558. The highest BCUT2D eigenvalue weighted by Crippen LogP contribution is 2.65. The summed E-state index contributed by atoms with van der Waals surface area (Å²) in [6, 6.07) is 0.790. The summed E-state index contributed by atoms with van der Waals surface area (Å²) in [5, 5.41) is 3.87. The monoisotopic (exact) mass is 237 g/mol. The molecule has 2 aliphatic carbocycles. The summed E-state index contributed by atoms with van der Waals surface area (Å²) in [7, 11) is 0. The van der Waals surface area contributed by atoms with Gasteiger partial charge < -0.3 is 5.32 Å². The molecule has 1 heteroatoms. The van der Waals surface area contributed by atoms with Crippen LogP contribution < -0.4 is 5.32 Å². The second kappa shape index (κ2) is 4.91. The van der Waals surface area contributed by atoms with Gasteiger partial charge in [0.25, 0.3) is 0 Å². The van der Waals surface area contributed by atoms with E-state index >= 15 is 0 Å². The molecule has 0 heterocycles. The fourth-order valence-corrected chi connectivity index (χ4v) is 4.34. The van der Waals surface area contributed by atoms with Crippen LogP contribution in [-0.4, -0.2) is 12.6 Å². The SMILES string of the molecule is CCCCCCNC1CC2CCC1(C)C2(C)C. The van der Waals surface area contributed by atoms with Crippen molar-refractivity contribution in [2.75, 3.05) is 6.54 Å². The number of hydrogen-bond acceptors (Lipinski definition) is 1. The van der Waals surface area contributed by atoms with E-state index in [1.807, 2.05) is 0 Å². The van der Waals surface area contributed by atoms with E-state index < -0.39 is 0 Å². The Bertz CT molecular complexity index is 258. The standard InChI is InChI=1S/C16H31N/c1-5-6-7-8-11-17-14-12-13-9-10-16(14,4)15(13,2)3/h13-14,17H,5-12H2,1-4H3. The maximum absolute atomic E-state index is 3.87. The second-order valence-corrected chi connectivity index (χ2v) is 7.18. The van der Waals surface area contributed by atoms with Crippen LogP contribution in [0.2, 0.25) is 0 Å². The molecule has 3 unspecified atom stereocenters. The van der Waals surface area contributed by atoms with Crippen LogP contribution >= 0.6 is 0 Å². The highest BCUT2D eigenvalue weighted by molar-refractivity contribution is 5.12. The fourth-order valence-electron chi connectivity index (χ4n) is 4.34. The minimum Gasteiger partial charge on any atom is -0.313 e. The van der Waals surface area contributed by atoms with Crippen LogP contribution in [0, 0.1) is 16.7 Å². The molecule has 2 saturated carbocycles. The van der Waals surface area contributed by atoms with Gasteiger partial charge >= 0.3 is 0 Å². The Labute approximate surface area is 108 Å². The molecule has 0 saturated heterocycles. The molecular weight excluding hydrogens is 206 g/mol. The maximum Gasteiger partial charge on any atom is 0.0129 e. The maximum atomic E-state index is 3.87. The van der Waals surface area contributed by atoms with E-state index in [1.165, 1.54) is 51.5 Å². The van der Waals surface area contributed by atoms with E-state index in [0.29, 0.717) is 10.8 Å². The van der Waals surface area contributed by atoms with E-state index in [4.69, 9.17) is 0 Å². The van der Waals surface area contributed by atoms with Crippen molar-refractivity contribution >= 4 is 0 Å². The van der Waals surface area contributed by atoms with Gasteiger partial charge in [0.1, 0.15) is 0 Å². The third-order valence-corrected chi connectivity index (χ3v) is 6.22. The first-order valence-corrected chi connectivity index (χ1v) is 7.75. The van der Waals surface area contributed by atoms with Gasteiger partial charge in [-0.15, -0.1) is 0 Å². The van der Waals surface area contributed by atoms with E-state index in [1.54, 1.807) is 0 Å². The lowest BCUT2D eigenvalue weighted by atomic mass is 9.69. The Kier molecular flexibility index (Phi) is 3.87. The lowest BCUT2D eigenvalue weighted by Gasteiger charge is -2.39. The van der Waals surface area contributed by atoms with E-state index in [0.717, 1.165) is 12.0 Å². The molecule has 0 spiro atoms. The highest BCUT2D eigenvalue weighted by atomic mass is 15.0. The highest BCUT2D eigenvalue weighted by Gasteiger charge is 2.60. The Morgan fingerprint density at radius 1 is 1.12 bits per heavy atom. The van der Waals surface area contributed by atoms with Gasteiger partial charge in [0.2, 0.25) is 0 Å². The molecule has 1 N–H and O–H groups in total. The molecule has 0 aromatic rings. The normalized spacial score (nSPS) is 38.8. The third-order valence-electron chi connectivity index (χ3n) is 6.22. The van der Waals surface area contributed by atoms with E-state index in [-0.39, 0.29) is 0 Å². The van der Waals surface area contributed by atoms with Crippen LogP contribution in [0.5, 0.6) is 0 Å². The van der Waals surface area contributed by atoms with Crippen molar-refractivity contribution < 1.29 is 0 Å². The molecule has 0 aliphatic heterocycles. The Morgan fingerprint density at radius 2 is 1.88 bits per heavy atom. The second-order valence-electron chi connectivity index (χ2n) is 7.18. The summed E-state index contributed by atoms with van der Waals surface area (Å²) in [6.45, 7) is 11.1. The van der Waals surface area contributed by atoms with Crippen molar-refractivity contribution in [2.45, 2.75) is 78.7 Å². The predicted octanol–water partition coefficient (Wildman–Crippen LogP) is 4.37. The van der Waals surface area contributed by atoms with Crippen molar-refractivity contribution in [1.82, 2.24) is 5.32 Å². The van der Waals surface area contributed by atoms with Crippen LogP contribution in [0.15, 0.2) is 0 Å². The van der Waals surface area contributed by atoms with Crippen LogP contribution in [0.3, 0.4) is 0 Å². The molecule has 3 atom stereocenters. The molecular formula is C16H31N. The topological polar surface area (TPSA) is 12.0 Å². The number of unbranched alkanes of at least 4 members (excludes halogenated alkanes) is 3. The van der Waals surface area contributed by atoms with Crippen molar-refractivity contribution in [3.8, 4) is 0 Å². The van der Waals surface area contributed by atoms with Crippen LogP contribution in [0.1, 0.15) is 72.6 Å². The minimum absolute atomic E-state index is 0.558. The first kappa shape index (κ1) is 13.4. The quantitative estimate of drug-likeness (QED) is 0.676. The smallest absolute Gasteiger partial charge is 0.0129 e. The first-order chi connectivity index (χ1) is 8.02. The summed E-state index contributed by atoms with van der Waals surface area (Å²) in [4.78, 5) is 0. The zero-order chi connectivity index (χ0) is 12.5.